The van der Waals surface area contributed by atoms with Gasteiger partial charge in [0, 0.05) is 48.7 Å². The number of hydrogen-bond acceptors (Lipinski definition) is 7. The molecule has 0 aromatic carbocycles. The molecule has 6 N–H and O–H groups in total. The summed E-state index contributed by atoms with van der Waals surface area (Å²) in [4.78, 5) is 35.7. The molecule has 1 aliphatic heterocycles. The number of nitrogens with one attached hydrogen (secondary N) is 3. The molecular formula is C37H54N6O5. The molecule has 0 aliphatic carbocycles. The highest BCUT2D eigenvalue weighted by Gasteiger charge is 2.25. The van der Waals surface area contributed by atoms with Gasteiger partial charge in [-0.15, -0.1) is 0 Å². The van der Waals surface area contributed by atoms with E-state index in [1.54, 1.807) is 6.08 Å². The van der Waals surface area contributed by atoms with Crippen LogP contribution >= 0.6 is 0 Å². The number of aliphatic hydroxyl groups excluding tert-OH is 1. The van der Waals surface area contributed by atoms with Crippen molar-refractivity contribution in [3.05, 3.63) is 89.2 Å². The minimum atomic E-state index is -0.745. The number of allylic oxidation sites excluding steroid dienone is 4. The molecule has 262 valence electrons. The zero-order valence-electron chi connectivity index (χ0n) is 29.6. The molecular weight excluding hydrogens is 608 g/mol. The molecule has 2 amide bonds. The van der Waals surface area contributed by atoms with Crippen LogP contribution in [0, 0.1) is 13.8 Å². The molecule has 0 saturated carbocycles. The van der Waals surface area contributed by atoms with Crippen LogP contribution in [-0.4, -0.2) is 64.3 Å². The number of aliphatic hydroxyl groups is 1. The number of nitrogens with zero attached hydrogens (tertiary/aromatic N) is 2. The minimum absolute atomic E-state index is 0.0986. The Morgan fingerprint density at radius 2 is 1.69 bits per heavy atom. The van der Waals surface area contributed by atoms with Gasteiger partial charge >= 0.3 is 6.09 Å². The molecule has 1 fully saturated rings. The van der Waals surface area contributed by atoms with Crippen LogP contribution in [0.15, 0.2) is 48.1 Å². The maximum absolute atomic E-state index is 12.7. The molecule has 0 radical (unpaired) electrons. The molecule has 0 spiro atoms. The number of nitrogens with two attached hydrogens (primary N) is 1. The van der Waals surface area contributed by atoms with Gasteiger partial charge in [0.05, 0.1) is 25.0 Å². The van der Waals surface area contributed by atoms with E-state index in [0.29, 0.717) is 19.0 Å². The van der Waals surface area contributed by atoms with Gasteiger partial charge in [0.2, 0.25) is 5.91 Å². The Bertz CT molecular complexity index is 1550. The summed E-state index contributed by atoms with van der Waals surface area (Å²) in [7, 11) is 2.22. The normalized spacial score (nSPS) is 15.0. The van der Waals surface area contributed by atoms with Crippen molar-refractivity contribution in [1.82, 2.24) is 25.2 Å². The van der Waals surface area contributed by atoms with E-state index in [2.05, 4.69) is 76.8 Å². The Labute approximate surface area is 285 Å². The van der Waals surface area contributed by atoms with E-state index in [0.717, 1.165) is 83.9 Å². The van der Waals surface area contributed by atoms with Crippen molar-refractivity contribution in [1.29, 1.82) is 0 Å². The molecule has 48 heavy (non-hydrogen) atoms. The van der Waals surface area contributed by atoms with Crippen molar-refractivity contribution in [2.24, 2.45) is 5.73 Å². The van der Waals surface area contributed by atoms with Gasteiger partial charge in [0.25, 0.3) is 0 Å². The first-order valence-electron chi connectivity index (χ1n) is 16.5. The van der Waals surface area contributed by atoms with Crippen molar-refractivity contribution in [2.45, 2.75) is 78.8 Å². The summed E-state index contributed by atoms with van der Waals surface area (Å²) in [6.45, 7) is 20.1. The minimum Gasteiger partial charge on any atom is -0.457 e. The van der Waals surface area contributed by atoms with Crippen LogP contribution in [0.2, 0.25) is 0 Å². The van der Waals surface area contributed by atoms with Crippen LogP contribution in [0.4, 0.5) is 4.79 Å². The second kappa shape index (κ2) is 19.9. The van der Waals surface area contributed by atoms with Gasteiger partial charge in [0.1, 0.15) is 17.3 Å². The highest BCUT2D eigenvalue weighted by molar-refractivity contribution is 5.88. The average Bonchev–Trinajstić information content (AvgIpc) is 3.92. The molecule has 11 heteroatoms. The van der Waals surface area contributed by atoms with Crippen LogP contribution in [0.1, 0.15) is 111 Å². The molecule has 3 aromatic rings. The lowest BCUT2D eigenvalue weighted by atomic mass is 10.1. The SMILES string of the molecule is C=C/C(=C\c1oc(/C=C(\C=C)c2cnc(C(CC)N(CC)C(=O)CCC)[nH]2)c(C)c1C)c1ccc(C2CCCN2)[nH]1.CO.COC(N)=O. The number of aromatic nitrogens is 3. The Morgan fingerprint density at radius 3 is 2.17 bits per heavy atom. The van der Waals surface area contributed by atoms with Gasteiger partial charge < -0.3 is 40.2 Å². The molecule has 1 aliphatic rings. The third-order valence-corrected chi connectivity index (χ3v) is 8.30. The number of carbonyl (C=O) groups is 2. The Morgan fingerprint density at radius 1 is 1.08 bits per heavy atom. The zero-order valence-corrected chi connectivity index (χ0v) is 29.6. The maximum Gasteiger partial charge on any atom is 0.404 e. The topological polar surface area (TPSA) is 162 Å². The molecule has 2 unspecified atom stereocenters. The summed E-state index contributed by atoms with van der Waals surface area (Å²) < 4.78 is 10.3. The maximum atomic E-state index is 12.7. The predicted molar refractivity (Wildman–Crippen MR) is 194 cm³/mol. The Balaban J connectivity index is 0.00000105. The third kappa shape index (κ3) is 10.2. The summed E-state index contributed by atoms with van der Waals surface area (Å²) in [6.07, 6.45) is 13.3. The second-order valence-electron chi connectivity index (χ2n) is 11.2. The molecule has 1 saturated heterocycles. The summed E-state index contributed by atoms with van der Waals surface area (Å²) in [5, 5.41) is 10.5. The van der Waals surface area contributed by atoms with Crippen molar-refractivity contribution in [3.8, 4) is 0 Å². The molecule has 4 rings (SSSR count). The number of ether oxygens (including phenoxy) is 1. The van der Waals surface area contributed by atoms with Crippen LogP contribution < -0.4 is 11.1 Å². The van der Waals surface area contributed by atoms with E-state index in [9.17, 15) is 9.59 Å². The highest BCUT2D eigenvalue weighted by Crippen LogP contribution is 2.31. The number of H-pyrrole nitrogens is 2. The molecule has 4 heterocycles. The van der Waals surface area contributed by atoms with E-state index in [-0.39, 0.29) is 11.9 Å². The number of imidazole rings is 1. The first-order valence-corrected chi connectivity index (χ1v) is 16.5. The number of furan rings is 1. The lowest BCUT2D eigenvalue weighted by Gasteiger charge is -2.28. The second-order valence-corrected chi connectivity index (χ2v) is 11.2. The molecule has 2 atom stereocenters. The molecule has 3 aromatic heterocycles. The standard InChI is InChI=1S/C34H45N5O2.C2H5NO2.CH4O/c1-8-14-33(40)39(12-5)30(11-4)34-36-21-29(38-34)25(10-3)20-32-23(7)22(6)31(41-32)19-24(9-2)26-16-17-28(37-26)27-15-13-18-35-27;1-5-2(3)4;1-2/h9-10,16-17,19-21,27,30,35,37H,2-3,8,11-15,18H2,1,4-7H3,(H,36,38);1H3,(H2,3,4);2H,1H3/b24-19+,25-20+;;. The lowest BCUT2D eigenvalue weighted by molar-refractivity contribution is -0.133. The fraction of sp³-hybridized carbons (Fsp3) is 0.432. The monoisotopic (exact) mass is 662 g/mol. The van der Waals surface area contributed by atoms with E-state index in [1.807, 2.05) is 43.2 Å². The van der Waals surface area contributed by atoms with Crippen molar-refractivity contribution >= 4 is 35.3 Å². The molecule has 11 nitrogen and oxygen atoms in total. The number of amides is 2. The average molecular weight is 663 g/mol. The summed E-state index contributed by atoms with van der Waals surface area (Å²) >= 11 is 0. The van der Waals surface area contributed by atoms with Crippen LogP contribution in [0.3, 0.4) is 0 Å². The van der Waals surface area contributed by atoms with Crippen molar-refractivity contribution in [3.63, 3.8) is 0 Å². The number of rotatable bonds is 13. The van der Waals surface area contributed by atoms with E-state index in [1.165, 1.54) is 19.2 Å². The quantitative estimate of drug-likeness (QED) is 0.120. The zero-order chi connectivity index (χ0) is 35.8. The van der Waals surface area contributed by atoms with Gasteiger partial charge in [-0.2, -0.15) is 0 Å². The molecule has 0 bridgehead atoms. The number of aromatic amines is 2. The van der Waals surface area contributed by atoms with E-state index >= 15 is 0 Å². The number of primary amides is 1. The highest BCUT2D eigenvalue weighted by atomic mass is 16.5. The Kier molecular flexibility index (Phi) is 16.4. The predicted octanol–water partition coefficient (Wildman–Crippen LogP) is 7.25. The number of methoxy groups -OCH3 is 1. The van der Waals surface area contributed by atoms with Crippen molar-refractivity contribution in [2.75, 3.05) is 27.3 Å². The van der Waals surface area contributed by atoms with Crippen LogP contribution in [0.5, 0.6) is 0 Å². The first kappa shape index (κ1) is 39.6. The summed E-state index contributed by atoms with van der Waals surface area (Å²) in [6, 6.07) is 4.55. The van der Waals surface area contributed by atoms with E-state index < -0.39 is 6.09 Å². The fourth-order valence-corrected chi connectivity index (χ4v) is 5.57. The van der Waals surface area contributed by atoms with Crippen LogP contribution in [-0.2, 0) is 9.53 Å². The Hall–Kier alpha value is -4.61. The van der Waals surface area contributed by atoms with Gasteiger partial charge in [-0.05, 0) is 88.4 Å². The summed E-state index contributed by atoms with van der Waals surface area (Å²) in [5.41, 5.74) is 11.5. The number of hydrogen-bond donors (Lipinski definition) is 5. The van der Waals surface area contributed by atoms with Gasteiger partial charge in [-0.3, -0.25) is 4.79 Å². The van der Waals surface area contributed by atoms with Gasteiger partial charge in [-0.1, -0.05) is 39.2 Å². The number of carbonyl (C=O) groups excluding carboxylic acids is 2. The van der Waals surface area contributed by atoms with Gasteiger partial charge in [-0.25, -0.2) is 9.78 Å². The first-order chi connectivity index (χ1) is 23.1. The van der Waals surface area contributed by atoms with Gasteiger partial charge in [0.15, 0.2) is 0 Å². The fourth-order valence-electron chi connectivity index (χ4n) is 5.57. The van der Waals surface area contributed by atoms with Crippen molar-refractivity contribution < 1.29 is 23.8 Å². The smallest absolute Gasteiger partial charge is 0.404 e. The third-order valence-electron chi connectivity index (χ3n) is 8.30. The largest absolute Gasteiger partial charge is 0.457 e. The van der Waals surface area contributed by atoms with E-state index in [4.69, 9.17) is 9.52 Å². The lowest BCUT2D eigenvalue weighted by Crippen LogP contribution is -2.34. The summed E-state index contributed by atoms with van der Waals surface area (Å²) in [5.74, 6) is 2.51. The van der Waals surface area contributed by atoms with Crippen LogP contribution in [0.25, 0.3) is 23.3 Å².